The highest BCUT2D eigenvalue weighted by atomic mass is 19.4. The zero-order valence-electron chi connectivity index (χ0n) is 24.8. The number of carbonyl (C=O) groups is 1. The van der Waals surface area contributed by atoms with Crippen molar-refractivity contribution in [2.24, 2.45) is 5.29 Å². The number of benzene rings is 3. The Bertz CT molecular complexity index is 1840. The molecule has 1 unspecified atom stereocenters. The topological polar surface area (TPSA) is 103 Å². The maximum Gasteiger partial charge on any atom is 0.416 e. The van der Waals surface area contributed by atoms with Gasteiger partial charge in [-0.3, -0.25) is 18.9 Å². The second-order valence-electron chi connectivity index (χ2n) is 10.3. The number of unbranched alkanes of at least 4 members (excludes halogenated alkanes) is 1. The fourth-order valence-electron chi connectivity index (χ4n) is 5.27. The van der Waals surface area contributed by atoms with Crippen molar-refractivity contribution in [1.29, 1.82) is 0 Å². The molecular weight excluding hydrogens is 615 g/mol. The van der Waals surface area contributed by atoms with Crippen molar-refractivity contribution in [3.05, 3.63) is 126 Å². The molecule has 0 aliphatic rings. The second kappa shape index (κ2) is 14.3. The molecule has 0 spiro atoms. The molecule has 0 N–H and O–H groups in total. The van der Waals surface area contributed by atoms with Gasteiger partial charge in [0.05, 0.1) is 42.7 Å². The molecule has 0 fully saturated rings. The van der Waals surface area contributed by atoms with Crippen molar-refractivity contribution >= 4 is 6.29 Å². The molecule has 4 aromatic rings. The van der Waals surface area contributed by atoms with Crippen molar-refractivity contribution in [2.45, 2.75) is 45.1 Å². The number of nitroso groups, excluding NO2 is 1. The van der Waals surface area contributed by atoms with Gasteiger partial charge in [0.1, 0.15) is 12.1 Å². The first kappa shape index (κ1) is 33.7. The Hall–Kier alpha value is -5.14. The van der Waals surface area contributed by atoms with Crippen molar-refractivity contribution in [1.82, 2.24) is 14.1 Å². The zero-order valence-corrected chi connectivity index (χ0v) is 24.8. The first-order chi connectivity index (χ1) is 21.9. The fourth-order valence-corrected chi connectivity index (χ4v) is 5.27. The molecular formula is C32H29F5N4O5. The maximum atomic E-state index is 15.6. The van der Waals surface area contributed by atoms with E-state index in [2.05, 4.69) is 5.29 Å². The van der Waals surface area contributed by atoms with Crippen molar-refractivity contribution in [3.63, 3.8) is 0 Å². The van der Waals surface area contributed by atoms with E-state index in [-0.39, 0.29) is 42.0 Å². The normalized spacial score (nSPS) is 12.1. The molecule has 4 rings (SSSR count). The quantitative estimate of drug-likeness (QED) is 0.0578. The van der Waals surface area contributed by atoms with Crippen LogP contribution in [0, 0.1) is 23.5 Å². The molecule has 9 nitrogen and oxygen atoms in total. The van der Waals surface area contributed by atoms with Gasteiger partial charge < -0.3 is 9.53 Å². The zero-order chi connectivity index (χ0) is 33.6. The number of hydrogen-bond donors (Lipinski definition) is 0. The lowest BCUT2D eigenvalue weighted by atomic mass is 10.0. The van der Waals surface area contributed by atoms with E-state index in [9.17, 15) is 36.9 Å². The Morgan fingerprint density at radius 1 is 0.978 bits per heavy atom. The third-order valence-electron chi connectivity index (χ3n) is 7.59. The van der Waals surface area contributed by atoms with Crippen LogP contribution in [0.1, 0.15) is 41.3 Å². The summed E-state index contributed by atoms with van der Waals surface area (Å²) in [6, 6.07) is 13.4. The first-order valence-electron chi connectivity index (χ1n) is 14.0. The van der Waals surface area contributed by atoms with Crippen LogP contribution in [0.25, 0.3) is 11.1 Å². The number of alkyl halides is 3. The predicted molar refractivity (Wildman–Crippen MR) is 159 cm³/mol. The van der Waals surface area contributed by atoms with E-state index >= 15 is 4.39 Å². The van der Waals surface area contributed by atoms with Crippen LogP contribution < -0.4 is 16.0 Å². The highest BCUT2D eigenvalue weighted by molar-refractivity contribution is 5.67. The molecule has 0 saturated carbocycles. The van der Waals surface area contributed by atoms with E-state index in [1.807, 2.05) is 0 Å². The Balaban J connectivity index is 2.02. The number of carbonyl (C=O) groups excluding carboxylic acids is 1. The van der Waals surface area contributed by atoms with Gasteiger partial charge in [0.25, 0.3) is 5.56 Å². The van der Waals surface area contributed by atoms with E-state index in [0.29, 0.717) is 22.5 Å². The van der Waals surface area contributed by atoms with Crippen LogP contribution >= 0.6 is 0 Å². The van der Waals surface area contributed by atoms with Gasteiger partial charge in [0, 0.05) is 29.8 Å². The standard InChI is InChI=1S/C32H29F5N4O5/c1-20-28(22-12-8-15-27(46-2)29(22)34)30(43)40(19-26(21-10-4-3-5-11-21)41(38-45)16-6-7-17-42)31(44)39(20)18-23-24(32(35,36)37)13-9-14-25(23)33/h3-5,8-15,17,26H,6-7,16,18-19H2,1-2H3. The number of hydrogen-bond acceptors (Lipinski definition) is 6. The molecule has 3 aromatic carbocycles. The number of ether oxygens (including phenoxy) is 1. The number of halogens is 5. The lowest BCUT2D eigenvalue weighted by molar-refractivity contribution is -0.138. The van der Waals surface area contributed by atoms with Gasteiger partial charge in [-0.1, -0.05) is 48.5 Å². The van der Waals surface area contributed by atoms with Crippen LogP contribution in [0.4, 0.5) is 22.0 Å². The number of methoxy groups -OCH3 is 1. The molecule has 0 aliphatic heterocycles. The number of rotatable bonds is 13. The minimum atomic E-state index is -4.98. The van der Waals surface area contributed by atoms with Crippen LogP contribution in [0.5, 0.6) is 5.75 Å². The largest absolute Gasteiger partial charge is 0.494 e. The first-order valence-corrected chi connectivity index (χ1v) is 14.0. The van der Waals surface area contributed by atoms with Crippen molar-refractivity contribution < 1.29 is 31.5 Å². The van der Waals surface area contributed by atoms with Crippen LogP contribution in [0.15, 0.2) is 81.6 Å². The van der Waals surface area contributed by atoms with E-state index in [4.69, 9.17) is 4.74 Å². The maximum absolute atomic E-state index is 15.6. The molecule has 46 heavy (non-hydrogen) atoms. The molecule has 0 amide bonds. The Morgan fingerprint density at radius 3 is 2.30 bits per heavy atom. The molecule has 1 heterocycles. The Labute approximate surface area is 259 Å². The summed E-state index contributed by atoms with van der Waals surface area (Å²) in [6.45, 7) is -0.326. The summed E-state index contributed by atoms with van der Waals surface area (Å²) in [4.78, 5) is 51.1. The summed E-state index contributed by atoms with van der Waals surface area (Å²) in [7, 11) is 1.20. The van der Waals surface area contributed by atoms with Gasteiger partial charge in [-0.05, 0) is 37.1 Å². The third-order valence-corrected chi connectivity index (χ3v) is 7.59. The molecule has 1 atom stereocenters. The smallest absolute Gasteiger partial charge is 0.416 e. The number of aldehydes is 1. The molecule has 242 valence electrons. The van der Waals surface area contributed by atoms with Crippen LogP contribution in [-0.4, -0.2) is 34.1 Å². The van der Waals surface area contributed by atoms with Crippen molar-refractivity contribution in [2.75, 3.05) is 13.7 Å². The average molecular weight is 645 g/mol. The number of aromatic nitrogens is 2. The van der Waals surface area contributed by atoms with Crippen LogP contribution in [0.3, 0.4) is 0 Å². The lowest BCUT2D eigenvalue weighted by Crippen LogP contribution is -2.45. The molecule has 1 aromatic heterocycles. The van der Waals surface area contributed by atoms with Gasteiger partial charge in [-0.25, -0.2) is 13.6 Å². The summed E-state index contributed by atoms with van der Waals surface area (Å²) in [6.07, 6.45) is -4.04. The molecule has 0 bridgehead atoms. The Morgan fingerprint density at radius 2 is 1.67 bits per heavy atom. The van der Waals surface area contributed by atoms with E-state index in [1.165, 1.54) is 32.2 Å². The van der Waals surface area contributed by atoms with Gasteiger partial charge in [-0.2, -0.15) is 13.2 Å². The van der Waals surface area contributed by atoms with Crippen molar-refractivity contribution in [3.8, 4) is 16.9 Å². The summed E-state index contributed by atoms with van der Waals surface area (Å²) in [5.74, 6) is -2.47. The van der Waals surface area contributed by atoms with Crippen LogP contribution in [0.2, 0.25) is 0 Å². The van der Waals surface area contributed by atoms with E-state index in [0.717, 1.165) is 21.7 Å². The second-order valence-corrected chi connectivity index (χ2v) is 10.3. The third kappa shape index (κ3) is 6.90. The molecule has 0 aliphatic carbocycles. The Kier molecular flexibility index (Phi) is 10.5. The predicted octanol–water partition coefficient (Wildman–Crippen LogP) is 6.04. The molecule has 0 radical (unpaired) electrons. The summed E-state index contributed by atoms with van der Waals surface area (Å²) >= 11 is 0. The van der Waals surface area contributed by atoms with Gasteiger partial charge >= 0.3 is 11.9 Å². The molecule has 0 saturated heterocycles. The summed E-state index contributed by atoms with van der Waals surface area (Å²) < 4.78 is 78.9. The van der Waals surface area contributed by atoms with Gasteiger partial charge in [-0.15, -0.1) is 4.91 Å². The van der Waals surface area contributed by atoms with Gasteiger partial charge in [0.15, 0.2) is 11.6 Å². The highest BCUT2D eigenvalue weighted by Crippen LogP contribution is 2.34. The highest BCUT2D eigenvalue weighted by Gasteiger charge is 2.35. The lowest BCUT2D eigenvalue weighted by Gasteiger charge is -2.28. The van der Waals surface area contributed by atoms with Crippen LogP contribution in [-0.2, 0) is 24.1 Å². The van der Waals surface area contributed by atoms with E-state index in [1.54, 1.807) is 30.3 Å². The monoisotopic (exact) mass is 644 g/mol. The van der Waals surface area contributed by atoms with E-state index < -0.39 is 59.3 Å². The summed E-state index contributed by atoms with van der Waals surface area (Å²) in [5, 5.41) is 4.10. The minimum absolute atomic E-state index is 0.0435. The molecule has 14 heteroatoms. The van der Waals surface area contributed by atoms with Gasteiger partial charge in [0.2, 0.25) is 0 Å². The average Bonchev–Trinajstić information content (AvgIpc) is 3.03. The number of nitrogens with zero attached hydrogens (tertiary/aromatic N) is 4. The fraction of sp³-hybridized carbons (Fsp3) is 0.281. The minimum Gasteiger partial charge on any atom is -0.494 e. The SMILES string of the molecule is COc1cccc(-c2c(C)n(Cc3c(F)cccc3C(F)(F)F)c(=O)n(CC(c3ccccc3)N(CCCC=O)N=O)c2=O)c1F. The summed E-state index contributed by atoms with van der Waals surface area (Å²) in [5.41, 5.74) is -4.86.